The van der Waals surface area contributed by atoms with Gasteiger partial charge in [-0.15, -0.1) is 0 Å². The van der Waals surface area contributed by atoms with E-state index >= 15 is 0 Å². The van der Waals surface area contributed by atoms with Gasteiger partial charge >= 0.3 is 5.97 Å². The molecule has 6 nitrogen and oxygen atoms in total. The molecule has 0 saturated carbocycles. The fourth-order valence-corrected chi connectivity index (χ4v) is 3.85. The summed E-state index contributed by atoms with van der Waals surface area (Å²) in [5.41, 5.74) is 1.50. The predicted octanol–water partition coefficient (Wildman–Crippen LogP) is 4.08. The maximum Gasteiger partial charge on any atom is 0.308 e. The molecule has 1 atom stereocenters. The van der Waals surface area contributed by atoms with Gasteiger partial charge in [0, 0.05) is 11.0 Å². The molecule has 8 heteroatoms. The smallest absolute Gasteiger partial charge is 0.308 e. The van der Waals surface area contributed by atoms with Gasteiger partial charge in [-0.05, 0) is 42.0 Å². The Morgan fingerprint density at radius 1 is 1.23 bits per heavy atom. The molecule has 3 rings (SSSR count). The largest absolute Gasteiger partial charge is 0.495 e. The van der Waals surface area contributed by atoms with Crippen molar-refractivity contribution in [3.05, 3.63) is 71.2 Å². The van der Waals surface area contributed by atoms with Crippen LogP contribution in [0.3, 0.4) is 0 Å². The van der Waals surface area contributed by atoms with Crippen LogP contribution in [-0.2, 0) is 20.9 Å². The van der Waals surface area contributed by atoms with E-state index < -0.39 is 12.0 Å². The van der Waals surface area contributed by atoms with E-state index in [0.29, 0.717) is 23.1 Å². The number of amides is 1. The van der Waals surface area contributed by atoms with Gasteiger partial charge in [-0.25, -0.2) is 0 Å². The van der Waals surface area contributed by atoms with Gasteiger partial charge in [0.05, 0.1) is 19.2 Å². The molecule has 1 amide bonds. The molecular formula is C22H21BrN2O4S. The summed E-state index contributed by atoms with van der Waals surface area (Å²) < 4.78 is 11.5. The van der Waals surface area contributed by atoms with Crippen molar-refractivity contribution in [3.8, 4) is 5.75 Å². The standard InChI is InChI=1S/C22H21BrN2O4S/c1-3-12-29-20(26)13-18-21(27)25(17-6-4-5-7-19(17)28-2)22(30)24(18)14-15-8-10-16(23)11-9-15/h3-11,18H,1,12-14H2,2H3. The number of carbonyl (C=O) groups excluding carboxylic acids is 2. The fourth-order valence-electron chi connectivity index (χ4n) is 3.21. The minimum atomic E-state index is -0.775. The van der Waals surface area contributed by atoms with Crippen LogP contribution in [0.5, 0.6) is 5.75 Å². The Morgan fingerprint density at radius 2 is 1.93 bits per heavy atom. The van der Waals surface area contributed by atoms with Crippen LogP contribution >= 0.6 is 28.1 Å². The Hall–Kier alpha value is -2.71. The monoisotopic (exact) mass is 488 g/mol. The van der Waals surface area contributed by atoms with E-state index in [-0.39, 0.29) is 18.9 Å². The molecule has 0 radical (unpaired) electrons. The summed E-state index contributed by atoms with van der Waals surface area (Å²) >= 11 is 9.09. The van der Waals surface area contributed by atoms with Crippen molar-refractivity contribution >= 4 is 50.8 Å². The highest BCUT2D eigenvalue weighted by molar-refractivity contribution is 9.10. The van der Waals surface area contributed by atoms with E-state index in [0.717, 1.165) is 10.0 Å². The highest BCUT2D eigenvalue weighted by Crippen LogP contribution is 2.34. The molecule has 2 aromatic rings. The van der Waals surface area contributed by atoms with Crippen molar-refractivity contribution in [1.82, 2.24) is 4.90 Å². The third-order valence-corrected chi connectivity index (χ3v) is 5.58. The predicted molar refractivity (Wildman–Crippen MR) is 122 cm³/mol. The number of esters is 1. The molecule has 0 bridgehead atoms. The van der Waals surface area contributed by atoms with Crippen molar-refractivity contribution in [3.63, 3.8) is 0 Å². The van der Waals surface area contributed by atoms with E-state index in [1.807, 2.05) is 30.3 Å². The second kappa shape index (κ2) is 9.86. The first kappa shape index (κ1) is 22.0. The van der Waals surface area contributed by atoms with Crippen LogP contribution < -0.4 is 9.64 Å². The number of hydrogen-bond donors (Lipinski definition) is 0. The molecule has 0 N–H and O–H groups in total. The Kier molecular flexibility index (Phi) is 7.23. The lowest BCUT2D eigenvalue weighted by molar-refractivity contribution is -0.144. The Labute approximate surface area is 189 Å². The number of benzene rings is 2. The van der Waals surface area contributed by atoms with Crippen LogP contribution in [0.2, 0.25) is 0 Å². The summed E-state index contributed by atoms with van der Waals surface area (Å²) in [5, 5.41) is 0.314. The summed E-state index contributed by atoms with van der Waals surface area (Å²) in [6.45, 7) is 4.01. The van der Waals surface area contributed by atoms with Crippen molar-refractivity contribution in [2.75, 3.05) is 18.6 Å². The second-order valence-corrected chi connectivity index (χ2v) is 7.85. The van der Waals surface area contributed by atoms with E-state index in [1.54, 1.807) is 23.1 Å². The molecule has 1 aliphatic heterocycles. The number of carbonyl (C=O) groups is 2. The lowest BCUT2D eigenvalue weighted by Gasteiger charge is -2.24. The molecule has 156 valence electrons. The number of para-hydroxylation sites is 2. The first-order chi connectivity index (χ1) is 14.5. The maximum absolute atomic E-state index is 13.4. The average molecular weight is 489 g/mol. The van der Waals surface area contributed by atoms with Crippen molar-refractivity contribution < 1.29 is 19.1 Å². The van der Waals surface area contributed by atoms with Crippen LogP contribution in [0.25, 0.3) is 0 Å². The van der Waals surface area contributed by atoms with Crippen LogP contribution in [0.1, 0.15) is 12.0 Å². The third-order valence-electron chi connectivity index (χ3n) is 4.63. The number of nitrogens with zero attached hydrogens (tertiary/aromatic N) is 2. The van der Waals surface area contributed by atoms with E-state index in [1.165, 1.54) is 18.1 Å². The molecule has 0 aliphatic carbocycles. The zero-order chi connectivity index (χ0) is 21.7. The quantitative estimate of drug-likeness (QED) is 0.317. The zero-order valence-electron chi connectivity index (χ0n) is 16.4. The Bertz CT molecular complexity index is 964. The van der Waals surface area contributed by atoms with Gasteiger partial charge in [0.25, 0.3) is 5.91 Å². The van der Waals surface area contributed by atoms with Crippen LogP contribution in [0, 0.1) is 0 Å². The van der Waals surface area contributed by atoms with Gasteiger partial charge in [0.2, 0.25) is 0 Å². The summed E-state index contributed by atoms with van der Waals surface area (Å²) in [5.74, 6) is -0.262. The van der Waals surface area contributed by atoms with Gasteiger partial charge in [0.15, 0.2) is 5.11 Å². The van der Waals surface area contributed by atoms with Gasteiger partial charge in [-0.2, -0.15) is 0 Å². The topological polar surface area (TPSA) is 59.1 Å². The SMILES string of the molecule is C=CCOC(=O)CC1C(=O)N(c2ccccc2OC)C(=S)N1Cc1ccc(Br)cc1. The van der Waals surface area contributed by atoms with Crippen LogP contribution in [-0.4, -0.2) is 41.6 Å². The second-order valence-electron chi connectivity index (χ2n) is 6.57. The highest BCUT2D eigenvalue weighted by atomic mass is 79.9. The zero-order valence-corrected chi connectivity index (χ0v) is 18.8. The first-order valence-electron chi connectivity index (χ1n) is 9.24. The molecule has 1 saturated heterocycles. The lowest BCUT2D eigenvalue weighted by Crippen LogP contribution is -2.36. The molecular weight excluding hydrogens is 468 g/mol. The van der Waals surface area contributed by atoms with Gasteiger partial charge in [0.1, 0.15) is 18.4 Å². The van der Waals surface area contributed by atoms with Crippen molar-refractivity contribution in [2.24, 2.45) is 0 Å². The number of methoxy groups -OCH3 is 1. The number of hydrogen-bond acceptors (Lipinski definition) is 5. The molecule has 1 aliphatic rings. The third kappa shape index (κ3) is 4.71. The Morgan fingerprint density at radius 3 is 2.60 bits per heavy atom. The van der Waals surface area contributed by atoms with Crippen LogP contribution in [0.15, 0.2) is 65.7 Å². The van der Waals surface area contributed by atoms with E-state index in [9.17, 15) is 9.59 Å². The molecule has 1 unspecified atom stereocenters. The average Bonchev–Trinajstić information content (AvgIpc) is 2.97. The summed E-state index contributed by atoms with van der Waals surface area (Å²) in [7, 11) is 1.53. The molecule has 0 spiro atoms. The molecule has 30 heavy (non-hydrogen) atoms. The molecule has 2 aromatic carbocycles. The first-order valence-corrected chi connectivity index (χ1v) is 10.4. The summed E-state index contributed by atoms with van der Waals surface area (Å²) in [4.78, 5) is 28.8. The van der Waals surface area contributed by atoms with E-state index in [4.69, 9.17) is 21.7 Å². The number of rotatable bonds is 8. The fraction of sp³-hybridized carbons (Fsp3) is 0.227. The minimum absolute atomic E-state index is 0.0904. The Balaban J connectivity index is 1.94. The number of ether oxygens (including phenoxy) is 2. The molecule has 1 fully saturated rings. The van der Waals surface area contributed by atoms with Crippen molar-refractivity contribution in [1.29, 1.82) is 0 Å². The molecule has 1 heterocycles. The molecule has 0 aromatic heterocycles. The van der Waals surface area contributed by atoms with Crippen molar-refractivity contribution in [2.45, 2.75) is 19.0 Å². The minimum Gasteiger partial charge on any atom is -0.495 e. The van der Waals surface area contributed by atoms with E-state index in [2.05, 4.69) is 22.5 Å². The van der Waals surface area contributed by atoms with Crippen LogP contribution in [0.4, 0.5) is 5.69 Å². The highest BCUT2D eigenvalue weighted by Gasteiger charge is 2.45. The van der Waals surface area contributed by atoms with Gasteiger partial charge in [-0.3, -0.25) is 14.5 Å². The lowest BCUT2D eigenvalue weighted by atomic mass is 10.1. The number of halogens is 1. The maximum atomic E-state index is 13.4. The normalized spacial score (nSPS) is 16.0. The summed E-state index contributed by atoms with van der Waals surface area (Å²) in [6, 6.07) is 14.1. The van der Waals surface area contributed by atoms with Gasteiger partial charge in [-0.1, -0.05) is 52.9 Å². The number of thiocarbonyl (C=S) groups is 1. The number of anilines is 1. The van der Waals surface area contributed by atoms with Gasteiger partial charge < -0.3 is 14.4 Å². The summed E-state index contributed by atoms with van der Waals surface area (Å²) in [6.07, 6.45) is 1.37.